The molecule has 0 saturated heterocycles. The maximum Gasteiger partial charge on any atom is 0.168 e. The third-order valence-corrected chi connectivity index (χ3v) is 8.55. The van der Waals surface area contributed by atoms with Gasteiger partial charge in [-0.25, -0.2) is 0 Å². The van der Waals surface area contributed by atoms with Crippen LogP contribution in [0.3, 0.4) is 0 Å². The number of unbranched alkanes of at least 4 members (excludes halogenated alkanes) is 12. The van der Waals surface area contributed by atoms with Gasteiger partial charge in [0.05, 0.1) is 11.3 Å². The highest BCUT2D eigenvalue weighted by Crippen LogP contribution is 2.36. The predicted octanol–water partition coefficient (Wildman–Crippen LogP) is 10.8. The van der Waals surface area contributed by atoms with Crippen LogP contribution in [0, 0.1) is 0 Å². The lowest BCUT2D eigenvalue weighted by Crippen LogP contribution is -2.41. The number of hydrogen-bond donors (Lipinski definition) is 0. The number of carbonyl (C=O) groups is 1. The Morgan fingerprint density at radius 2 is 1.22 bits per heavy atom. The minimum Gasteiger partial charge on any atom is -0.367 e. The van der Waals surface area contributed by atoms with Gasteiger partial charge in [0.1, 0.15) is 0 Å². The summed E-state index contributed by atoms with van der Waals surface area (Å²) < 4.78 is 0. The van der Waals surface area contributed by atoms with E-state index in [-0.39, 0.29) is 0 Å². The summed E-state index contributed by atoms with van der Waals surface area (Å²) in [4.78, 5) is 20.5. The molecule has 1 atom stereocenters. The number of ketones is 1. The van der Waals surface area contributed by atoms with Crippen molar-refractivity contribution in [1.29, 1.82) is 0 Å². The van der Waals surface area contributed by atoms with E-state index in [9.17, 15) is 4.79 Å². The van der Waals surface area contributed by atoms with Crippen molar-refractivity contribution in [3.05, 3.63) is 23.5 Å². The first-order chi connectivity index (χ1) is 18.2. The Hall–Kier alpha value is -1.38. The molecule has 1 aliphatic rings. The molecule has 0 spiro atoms. The molecular weight excluding hydrogens is 452 g/mol. The summed E-state index contributed by atoms with van der Waals surface area (Å²) >= 11 is 0. The van der Waals surface area contributed by atoms with Crippen LogP contribution in [-0.2, 0) is 0 Å². The van der Waals surface area contributed by atoms with E-state index in [0.29, 0.717) is 24.2 Å². The summed E-state index contributed by atoms with van der Waals surface area (Å²) in [7, 11) is 0. The van der Waals surface area contributed by atoms with Gasteiger partial charge in [0.2, 0.25) is 0 Å². The first-order valence-corrected chi connectivity index (χ1v) is 16.5. The van der Waals surface area contributed by atoms with Gasteiger partial charge in [-0.3, -0.25) is 9.78 Å². The van der Waals surface area contributed by atoms with E-state index in [4.69, 9.17) is 4.98 Å². The number of nitrogens with zero attached hydrogens (tertiary/aromatic N) is 2. The molecule has 212 valence electrons. The molecule has 3 nitrogen and oxygen atoms in total. The van der Waals surface area contributed by atoms with Crippen LogP contribution in [0.25, 0.3) is 0 Å². The molecule has 0 amide bonds. The summed E-state index contributed by atoms with van der Waals surface area (Å²) in [5.41, 5.74) is 3.34. The van der Waals surface area contributed by atoms with Crippen molar-refractivity contribution in [3.8, 4) is 0 Å². The van der Waals surface area contributed by atoms with E-state index in [1.54, 1.807) is 0 Å². The molecule has 0 fully saturated rings. The largest absolute Gasteiger partial charge is 0.367 e. The third kappa shape index (κ3) is 11.5. The van der Waals surface area contributed by atoms with E-state index >= 15 is 0 Å². The molecule has 37 heavy (non-hydrogen) atoms. The average Bonchev–Trinajstić information content (AvgIpc) is 2.91. The lowest BCUT2D eigenvalue weighted by Gasteiger charge is -2.38. The first kappa shape index (κ1) is 31.8. The zero-order chi connectivity index (χ0) is 26.7. The topological polar surface area (TPSA) is 33.2 Å². The fraction of sp³-hybridized carbons (Fsp3) is 0.824. The van der Waals surface area contributed by atoms with Crippen molar-refractivity contribution >= 4 is 11.5 Å². The number of Topliss-reactive ketones (excluding diaryl/α,β-unsaturated/α-hetero) is 1. The number of pyridine rings is 1. The van der Waals surface area contributed by atoms with Crippen LogP contribution < -0.4 is 4.90 Å². The standard InChI is InChI=1S/C34H60N2O/c1-5-9-13-16-19-23-30(24-20-17-14-10-6-2)36-26-25-34(37)31-28-35-32(27-33(31)36)29(21-12-8-4)22-18-15-11-7-3/h27-30H,5-26H2,1-4H3. The van der Waals surface area contributed by atoms with Gasteiger partial charge in [-0.15, -0.1) is 0 Å². The lowest BCUT2D eigenvalue weighted by atomic mass is 9.89. The molecule has 0 N–H and O–H groups in total. The number of aromatic nitrogens is 1. The minimum atomic E-state index is 0.294. The molecule has 0 aliphatic carbocycles. The van der Waals surface area contributed by atoms with Gasteiger partial charge in [0, 0.05) is 36.8 Å². The van der Waals surface area contributed by atoms with Crippen LogP contribution in [0.5, 0.6) is 0 Å². The lowest BCUT2D eigenvalue weighted by molar-refractivity contribution is 0.0978. The third-order valence-electron chi connectivity index (χ3n) is 8.55. The van der Waals surface area contributed by atoms with E-state index in [2.05, 4.69) is 38.7 Å². The summed E-state index contributed by atoms with van der Waals surface area (Å²) in [5, 5.41) is 0. The van der Waals surface area contributed by atoms with Gasteiger partial charge in [0.25, 0.3) is 0 Å². The maximum absolute atomic E-state index is 12.9. The molecule has 1 aromatic rings. The second-order valence-corrected chi connectivity index (χ2v) is 11.7. The van der Waals surface area contributed by atoms with Crippen molar-refractivity contribution < 1.29 is 4.79 Å². The predicted molar refractivity (Wildman–Crippen MR) is 162 cm³/mol. The molecule has 1 unspecified atom stereocenters. The Labute approximate surface area is 230 Å². The van der Waals surface area contributed by atoms with Gasteiger partial charge in [-0.05, 0) is 31.7 Å². The highest BCUT2D eigenvalue weighted by atomic mass is 16.1. The Balaban J connectivity index is 2.22. The van der Waals surface area contributed by atoms with E-state index in [1.165, 1.54) is 140 Å². The Bertz CT molecular complexity index is 717. The second kappa shape index (κ2) is 19.7. The summed E-state index contributed by atoms with van der Waals surface area (Å²) in [5.74, 6) is 0.825. The SMILES string of the molecule is CCCCCCCC(CCCCCCC)N1CCC(=O)c2cnc(C(CCCC)CCCCCC)cc21. The normalized spacial score (nSPS) is 14.4. The molecule has 1 aliphatic heterocycles. The Kier molecular flexibility index (Phi) is 16.9. The Morgan fingerprint density at radius 3 is 1.81 bits per heavy atom. The second-order valence-electron chi connectivity index (χ2n) is 11.7. The van der Waals surface area contributed by atoms with Gasteiger partial charge >= 0.3 is 0 Å². The fourth-order valence-electron chi connectivity index (χ4n) is 6.12. The van der Waals surface area contributed by atoms with Crippen molar-refractivity contribution in [2.24, 2.45) is 0 Å². The van der Waals surface area contributed by atoms with E-state index < -0.39 is 0 Å². The highest BCUT2D eigenvalue weighted by molar-refractivity contribution is 6.03. The minimum absolute atomic E-state index is 0.294. The van der Waals surface area contributed by atoms with Gasteiger partial charge in [-0.1, -0.05) is 130 Å². The molecule has 2 heterocycles. The van der Waals surface area contributed by atoms with Crippen LogP contribution >= 0.6 is 0 Å². The van der Waals surface area contributed by atoms with Gasteiger partial charge in [-0.2, -0.15) is 0 Å². The number of hydrogen-bond acceptors (Lipinski definition) is 3. The zero-order valence-corrected chi connectivity index (χ0v) is 25.2. The maximum atomic E-state index is 12.9. The molecule has 0 bridgehead atoms. The van der Waals surface area contributed by atoms with E-state index in [0.717, 1.165) is 12.1 Å². The first-order valence-electron chi connectivity index (χ1n) is 16.5. The molecular formula is C34H60N2O. The van der Waals surface area contributed by atoms with Crippen molar-refractivity contribution in [3.63, 3.8) is 0 Å². The zero-order valence-electron chi connectivity index (χ0n) is 25.2. The van der Waals surface area contributed by atoms with Crippen molar-refractivity contribution in [1.82, 2.24) is 4.98 Å². The highest BCUT2D eigenvalue weighted by Gasteiger charge is 2.29. The summed E-state index contributed by atoms with van der Waals surface area (Å²) in [6.45, 7) is 10.1. The quantitative estimate of drug-likeness (QED) is 0.145. The molecule has 1 aromatic heterocycles. The fourth-order valence-corrected chi connectivity index (χ4v) is 6.12. The van der Waals surface area contributed by atoms with Crippen molar-refractivity contribution in [2.75, 3.05) is 11.4 Å². The number of fused-ring (bicyclic) bond motifs is 1. The van der Waals surface area contributed by atoms with Crippen LogP contribution in [0.2, 0.25) is 0 Å². The summed E-state index contributed by atoms with van der Waals surface area (Å²) in [6, 6.07) is 2.91. The number of rotatable bonds is 22. The Morgan fingerprint density at radius 1 is 0.703 bits per heavy atom. The smallest absolute Gasteiger partial charge is 0.168 e. The van der Waals surface area contributed by atoms with E-state index in [1.807, 2.05) is 6.20 Å². The molecule has 0 radical (unpaired) electrons. The average molecular weight is 513 g/mol. The molecule has 0 saturated carbocycles. The number of carbonyl (C=O) groups excluding carboxylic acids is 1. The van der Waals surface area contributed by atoms with Crippen molar-refractivity contribution in [2.45, 2.75) is 174 Å². The van der Waals surface area contributed by atoms with Gasteiger partial charge in [0.15, 0.2) is 5.78 Å². The number of anilines is 1. The molecule has 3 heteroatoms. The molecule has 2 rings (SSSR count). The van der Waals surface area contributed by atoms with Crippen LogP contribution in [-0.4, -0.2) is 23.4 Å². The molecule has 0 aromatic carbocycles. The van der Waals surface area contributed by atoms with Crippen LogP contribution in [0.1, 0.15) is 185 Å². The summed E-state index contributed by atoms with van der Waals surface area (Å²) in [6.07, 6.45) is 28.7. The van der Waals surface area contributed by atoms with Crippen LogP contribution in [0.15, 0.2) is 12.3 Å². The monoisotopic (exact) mass is 512 g/mol. The van der Waals surface area contributed by atoms with Crippen LogP contribution in [0.4, 0.5) is 5.69 Å². The van der Waals surface area contributed by atoms with Gasteiger partial charge < -0.3 is 4.90 Å².